The number of nitrogens with zero attached hydrogens (tertiary/aromatic N) is 4. The minimum atomic E-state index is -3.78. The van der Waals surface area contributed by atoms with Crippen molar-refractivity contribution in [3.8, 4) is 0 Å². The summed E-state index contributed by atoms with van der Waals surface area (Å²) in [4.78, 5) is 26.1. The minimum absolute atomic E-state index is 0.0902. The lowest BCUT2D eigenvalue weighted by molar-refractivity contribution is -0.384. The predicted molar refractivity (Wildman–Crippen MR) is 106 cm³/mol. The van der Waals surface area contributed by atoms with E-state index in [2.05, 4.69) is 0 Å². The van der Waals surface area contributed by atoms with Crippen molar-refractivity contribution in [2.45, 2.75) is 31.7 Å². The lowest BCUT2D eigenvalue weighted by Crippen LogP contribution is -2.53. The van der Waals surface area contributed by atoms with Crippen LogP contribution in [0.15, 0.2) is 23.1 Å². The van der Waals surface area contributed by atoms with Crippen molar-refractivity contribution < 1.29 is 18.1 Å². The first-order chi connectivity index (χ1) is 13.1. The van der Waals surface area contributed by atoms with Crippen LogP contribution in [-0.2, 0) is 14.8 Å². The Labute approximate surface area is 165 Å². The van der Waals surface area contributed by atoms with Gasteiger partial charge in [0.2, 0.25) is 15.9 Å². The molecule has 10 nitrogen and oxygen atoms in total. The molecular formula is C17H27N5O5S. The van der Waals surface area contributed by atoms with E-state index in [1.165, 1.54) is 16.4 Å². The van der Waals surface area contributed by atoms with Crippen molar-refractivity contribution in [1.82, 2.24) is 9.21 Å². The number of benzene rings is 1. The van der Waals surface area contributed by atoms with E-state index >= 15 is 0 Å². The maximum Gasteiger partial charge on any atom is 0.293 e. The molecule has 156 valence electrons. The van der Waals surface area contributed by atoms with E-state index in [0.29, 0.717) is 31.9 Å². The van der Waals surface area contributed by atoms with Crippen LogP contribution < -0.4 is 10.6 Å². The molecule has 0 saturated carbocycles. The van der Waals surface area contributed by atoms with Crippen molar-refractivity contribution in [3.05, 3.63) is 28.3 Å². The maximum atomic E-state index is 12.7. The first-order valence-electron chi connectivity index (χ1n) is 9.20. The molecule has 1 aliphatic rings. The van der Waals surface area contributed by atoms with Gasteiger partial charge in [0, 0.05) is 45.3 Å². The number of nitro groups is 1. The Kier molecular flexibility index (Phi) is 6.96. The summed E-state index contributed by atoms with van der Waals surface area (Å²) in [6.07, 6.45) is 0. The van der Waals surface area contributed by atoms with Crippen LogP contribution in [-0.4, -0.2) is 73.8 Å². The van der Waals surface area contributed by atoms with Crippen molar-refractivity contribution in [2.75, 3.05) is 44.2 Å². The Bertz CT molecular complexity index is 832. The summed E-state index contributed by atoms with van der Waals surface area (Å²) < 4.78 is 26.6. The average molecular weight is 414 g/mol. The molecular weight excluding hydrogens is 386 g/mol. The number of carbonyl (C=O) groups excluding carboxylic acids is 1. The molecule has 0 aliphatic carbocycles. The van der Waals surface area contributed by atoms with Crippen molar-refractivity contribution in [1.29, 1.82) is 0 Å². The van der Waals surface area contributed by atoms with E-state index in [-0.39, 0.29) is 23.7 Å². The fraction of sp³-hybridized carbons (Fsp3) is 0.588. The molecule has 1 amide bonds. The van der Waals surface area contributed by atoms with Gasteiger partial charge in [-0.3, -0.25) is 19.8 Å². The Hall–Kier alpha value is -2.24. The van der Waals surface area contributed by atoms with Gasteiger partial charge in [-0.1, -0.05) is 13.8 Å². The number of anilines is 1. The second kappa shape index (κ2) is 8.84. The van der Waals surface area contributed by atoms with E-state index in [1.54, 1.807) is 20.8 Å². The lowest BCUT2D eigenvalue weighted by atomic mass is 10.2. The van der Waals surface area contributed by atoms with Crippen LogP contribution in [0.1, 0.15) is 20.8 Å². The molecule has 1 unspecified atom stereocenters. The van der Waals surface area contributed by atoms with Gasteiger partial charge >= 0.3 is 0 Å². The normalized spacial score (nSPS) is 16.9. The SMILES string of the molecule is CCN(CC)S(=O)(=O)c1ccc(N2CCN(C(C)C(N)=O)CC2)c([N+](=O)[O-])c1. The van der Waals surface area contributed by atoms with Crippen LogP contribution in [0.2, 0.25) is 0 Å². The number of hydrogen-bond acceptors (Lipinski definition) is 7. The molecule has 0 bridgehead atoms. The largest absolute Gasteiger partial charge is 0.368 e. The monoisotopic (exact) mass is 413 g/mol. The van der Waals surface area contributed by atoms with Gasteiger partial charge in [0.1, 0.15) is 5.69 Å². The van der Waals surface area contributed by atoms with E-state index in [1.807, 2.05) is 9.80 Å². The third-order valence-electron chi connectivity index (χ3n) is 5.10. The molecule has 0 radical (unpaired) electrons. The van der Waals surface area contributed by atoms with Crippen LogP contribution in [0.3, 0.4) is 0 Å². The number of primary amides is 1. The summed E-state index contributed by atoms with van der Waals surface area (Å²) in [5.74, 6) is -0.412. The average Bonchev–Trinajstić information content (AvgIpc) is 2.67. The van der Waals surface area contributed by atoms with Gasteiger partial charge in [0.25, 0.3) is 5.69 Å². The summed E-state index contributed by atoms with van der Waals surface area (Å²) in [6, 6.07) is 3.62. The molecule has 1 aliphatic heterocycles. The van der Waals surface area contributed by atoms with E-state index in [9.17, 15) is 23.3 Å². The molecule has 1 heterocycles. The zero-order chi connectivity index (χ0) is 21.1. The molecule has 0 aromatic heterocycles. The minimum Gasteiger partial charge on any atom is -0.368 e. The highest BCUT2D eigenvalue weighted by atomic mass is 32.2. The van der Waals surface area contributed by atoms with Gasteiger partial charge in [0.15, 0.2) is 0 Å². The first kappa shape index (κ1) is 22.1. The Morgan fingerprint density at radius 2 is 1.82 bits per heavy atom. The third kappa shape index (κ3) is 4.42. The molecule has 1 fully saturated rings. The molecule has 1 saturated heterocycles. The van der Waals surface area contributed by atoms with Crippen molar-refractivity contribution >= 4 is 27.3 Å². The van der Waals surface area contributed by atoms with Crippen LogP contribution in [0.4, 0.5) is 11.4 Å². The number of amides is 1. The fourth-order valence-electron chi connectivity index (χ4n) is 3.32. The van der Waals surface area contributed by atoms with Gasteiger partial charge in [-0.25, -0.2) is 8.42 Å². The van der Waals surface area contributed by atoms with E-state index in [4.69, 9.17) is 5.73 Å². The number of piperazine rings is 1. The Morgan fingerprint density at radius 1 is 1.25 bits per heavy atom. The van der Waals surface area contributed by atoms with Crippen molar-refractivity contribution in [3.63, 3.8) is 0 Å². The molecule has 11 heteroatoms. The number of rotatable bonds is 8. The number of hydrogen-bond donors (Lipinski definition) is 1. The van der Waals surface area contributed by atoms with Crippen LogP contribution in [0.25, 0.3) is 0 Å². The summed E-state index contributed by atoms with van der Waals surface area (Å²) in [6.45, 7) is 7.74. The third-order valence-corrected chi connectivity index (χ3v) is 7.15. The van der Waals surface area contributed by atoms with Gasteiger partial charge < -0.3 is 10.6 Å². The molecule has 28 heavy (non-hydrogen) atoms. The second-order valence-electron chi connectivity index (χ2n) is 6.60. The Balaban J connectivity index is 2.30. The number of nitrogens with two attached hydrogens (primary N) is 1. The summed E-state index contributed by atoms with van der Waals surface area (Å²) in [5.41, 5.74) is 5.46. The number of carbonyl (C=O) groups is 1. The smallest absolute Gasteiger partial charge is 0.293 e. The standard InChI is InChI=1S/C17H27N5O5S/c1-4-21(5-2)28(26,27)14-6-7-15(16(12-14)22(24)25)20-10-8-19(9-11-20)13(3)17(18)23/h6-7,12-13H,4-5,8-11H2,1-3H3,(H2,18,23). The summed E-state index contributed by atoms with van der Waals surface area (Å²) in [5, 5.41) is 11.6. The zero-order valence-electron chi connectivity index (χ0n) is 16.4. The van der Waals surface area contributed by atoms with Gasteiger partial charge in [-0.15, -0.1) is 0 Å². The van der Waals surface area contributed by atoms with Gasteiger partial charge in [0.05, 0.1) is 15.9 Å². The maximum absolute atomic E-state index is 12.7. The molecule has 1 aromatic rings. The first-order valence-corrected chi connectivity index (χ1v) is 10.6. The number of sulfonamides is 1. The van der Waals surface area contributed by atoms with Crippen LogP contribution >= 0.6 is 0 Å². The topological polar surface area (TPSA) is 130 Å². The lowest BCUT2D eigenvalue weighted by Gasteiger charge is -2.37. The number of nitro benzene ring substituents is 1. The highest BCUT2D eigenvalue weighted by Crippen LogP contribution is 2.32. The summed E-state index contributed by atoms with van der Waals surface area (Å²) in [7, 11) is -3.78. The molecule has 0 spiro atoms. The van der Waals surface area contributed by atoms with E-state index in [0.717, 1.165) is 6.07 Å². The molecule has 1 aromatic carbocycles. The highest BCUT2D eigenvalue weighted by Gasteiger charge is 2.30. The quantitative estimate of drug-likeness (QED) is 0.488. The van der Waals surface area contributed by atoms with Gasteiger partial charge in [-0.2, -0.15) is 4.31 Å². The summed E-state index contributed by atoms with van der Waals surface area (Å²) >= 11 is 0. The van der Waals surface area contributed by atoms with Crippen LogP contribution in [0.5, 0.6) is 0 Å². The van der Waals surface area contributed by atoms with Gasteiger partial charge in [-0.05, 0) is 19.1 Å². The molecule has 1 atom stereocenters. The fourth-order valence-corrected chi connectivity index (χ4v) is 4.80. The highest BCUT2D eigenvalue weighted by molar-refractivity contribution is 7.89. The van der Waals surface area contributed by atoms with E-state index < -0.39 is 26.9 Å². The zero-order valence-corrected chi connectivity index (χ0v) is 17.2. The predicted octanol–water partition coefficient (Wildman–Crippen LogP) is 0.621. The molecule has 2 N–H and O–H groups in total. The Morgan fingerprint density at radius 3 is 2.29 bits per heavy atom. The van der Waals surface area contributed by atoms with Crippen molar-refractivity contribution in [2.24, 2.45) is 5.73 Å². The molecule has 2 rings (SSSR count). The van der Waals surface area contributed by atoms with Crippen LogP contribution in [0, 0.1) is 10.1 Å². The second-order valence-corrected chi connectivity index (χ2v) is 8.54.